The Kier molecular flexibility index (Phi) is 3.26. The first-order chi connectivity index (χ1) is 9.16. The molecule has 3 rings (SSSR count). The van der Waals surface area contributed by atoms with Gasteiger partial charge in [-0.3, -0.25) is 0 Å². The van der Waals surface area contributed by atoms with E-state index in [9.17, 15) is 0 Å². The van der Waals surface area contributed by atoms with E-state index in [1.807, 2.05) is 13.8 Å². The summed E-state index contributed by atoms with van der Waals surface area (Å²) in [5.41, 5.74) is 7.91. The van der Waals surface area contributed by atoms with Crippen LogP contribution in [0.4, 0.5) is 5.00 Å². The van der Waals surface area contributed by atoms with Crippen LogP contribution in [0.15, 0.2) is 4.52 Å². The highest BCUT2D eigenvalue weighted by Gasteiger charge is 2.24. The minimum atomic E-state index is -0.257. The maximum Gasteiger partial charge on any atom is 0.261 e. The van der Waals surface area contributed by atoms with Crippen LogP contribution in [-0.4, -0.2) is 30.0 Å². The van der Waals surface area contributed by atoms with Gasteiger partial charge in [0.1, 0.15) is 6.10 Å². The Bertz CT molecular complexity index is 587. The minimum absolute atomic E-state index is 0.257. The van der Waals surface area contributed by atoms with Gasteiger partial charge in [0.2, 0.25) is 5.82 Å². The molecule has 2 aromatic rings. The zero-order chi connectivity index (χ0) is 13.4. The largest absolute Gasteiger partial charge is 0.390 e. The summed E-state index contributed by atoms with van der Waals surface area (Å²) in [5.74, 6) is 0.959. The lowest BCUT2D eigenvalue weighted by Gasteiger charge is -2.19. The smallest absolute Gasteiger partial charge is 0.261 e. The summed E-state index contributed by atoms with van der Waals surface area (Å²) in [6, 6.07) is 0. The van der Waals surface area contributed by atoms with E-state index >= 15 is 0 Å². The molecule has 102 valence electrons. The number of nitrogens with zero attached hydrogens (tertiary/aromatic N) is 2. The number of hydrogen-bond donors (Lipinski definition) is 1. The van der Waals surface area contributed by atoms with Crippen molar-refractivity contribution in [2.24, 2.45) is 0 Å². The first-order valence-electron chi connectivity index (χ1n) is 6.05. The quantitative estimate of drug-likeness (QED) is 0.907. The third kappa shape index (κ3) is 2.24. The lowest BCUT2D eigenvalue weighted by atomic mass is 10.1. The highest BCUT2D eigenvalue weighted by Crippen LogP contribution is 2.37. The molecule has 3 heterocycles. The predicted octanol–water partition coefficient (Wildman–Crippen LogP) is 2.09. The number of nitrogens with two attached hydrogens (primary N) is 1. The van der Waals surface area contributed by atoms with Gasteiger partial charge in [0, 0.05) is 4.88 Å². The van der Waals surface area contributed by atoms with E-state index in [2.05, 4.69) is 10.1 Å². The number of rotatable bonds is 2. The average molecular weight is 281 g/mol. The monoisotopic (exact) mass is 281 g/mol. The summed E-state index contributed by atoms with van der Waals surface area (Å²) >= 11 is 1.53. The Morgan fingerprint density at radius 1 is 1.32 bits per heavy atom. The first kappa shape index (κ1) is 12.6. The molecule has 0 saturated carbocycles. The van der Waals surface area contributed by atoms with E-state index in [0.717, 1.165) is 16.0 Å². The van der Waals surface area contributed by atoms with Gasteiger partial charge in [0.15, 0.2) is 0 Å². The van der Waals surface area contributed by atoms with Crippen molar-refractivity contribution in [3.8, 4) is 11.5 Å². The summed E-state index contributed by atoms with van der Waals surface area (Å²) in [5, 5.41) is 4.67. The van der Waals surface area contributed by atoms with Gasteiger partial charge in [-0.25, -0.2) is 0 Å². The molecule has 1 unspecified atom stereocenters. The predicted molar refractivity (Wildman–Crippen MR) is 71.0 cm³/mol. The van der Waals surface area contributed by atoms with Crippen LogP contribution in [0, 0.1) is 13.8 Å². The van der Waals surface area contributed by atoms with Crippen molar-refractivity contribution >= 4 is 16.3 Å². The van der Waals surface area contributed by atoms with Crippen molar-refractivity contribution in [3.05, 3.63) is 16.3 Å². The third-order valence-electron chi connectivity index (χ3n) is 3.17. The second kappa shape index (κ2) is 4.92. The molecule has 1 aliphatic rings. The van der Waals surface area contributed by atoms with E-state index in [1.54, 1.807) is 0 Å². The summed E-state index contributed by atoms with van der Waals surface area (Å²) in [4.78, 5) is 5.54. The van der Waals surface area contributed by atoms with Crippen molar-refractivity contribution in [3.63, 3.8) is 0 Å². The number of thiophene rings is 1. The van der Waals surface area contributed by atoms with Crippen LogP contribution < -0.4 is 5.73 Å². The van der Waals surface area contributed by atoms with Crippen LogP contribution in [0.3, 0.4) is 0 Å². The highest BCUT2D eigenvalue weighted by molar-refractivity contribution is 7.16. The molecule has 19 heavy (non-hydrogen) atoms. The molecule has 6 nitrogen and oxygen atoms in total. The molecule has 2 aromatic heterocycles. The molecule has 2 N–H and O–H groups in total. The van der Waals surface area contributed by atoms with Crippen LogP contribution in [0.2, 0.25) is 0 Å². The van der Waals surface area contributed by atoms with E-state index < -0.39 is 0 Å². The van der Waals surface area contributed by atoms with Gasteiger partial charge in [-0.1, -0.05) is 5.16 Å². The molecular formula is C12H15N3O3S. The fraction of sp³-hybridized carbons (Fsp3) is 0.500. The normalized spacial score (nSPS) is 19.8. The fourth-order valence-electron chi connectivity index (χ4n) is 2.02. The zero-order valence-electron chi connectivity index (χ0n) is 10.8. The molecule has 0 aliphatic carbocycles. The van der Waals surface area contributed by atoms with E-state index in [0.29, 0.717) is 36.5 Å². The van der Waals surface area contributed by atoms with Gasteiger partial charge in [-0.05, 0) is 19.4 Å². The lowest BCUT2D eigenvalue weighted by Crippen LogP contribution is -2.22. The number of hydrogen-bond acceptors (Lipinski definition) is 7. The Morgan fingerprint density at radius 3 is 2.79 bits per heavy atom. The molecule has 0 radical (unpaired) electrons. The van der Waals surface area contributed by atoms with Gasteiger partial charge < -0.3 is 19.7 Å². The van der Waals surface area contributed by atoms with E-state index in [-0.39, 0.29) is 6.10 Å². The Hall–Kier alpha value is -1.44. The Balaban J connectivity index is 1.92. The van der Waals surface area contributed by atoms with Gasteiger partial charge in [0.05, 0.1) is 30.4 Å². The first-order valence-corrected chi connectivity index (χ1v) is 6.87. The fourth-order valence-corrected chi connectivity index (χ4v) is 2.95. The van der Waals surface area contributed by atoms with Crippen LogP contribution >= 0.6 is 11.3 Å². The maximum absolute atomic E-state index is 6.00. The molecule has 1 aliphatic heterocycles. The zero-order valence-corrected chi connectivity index (χ0v) is 11.6. The Labute approximate surface area is 114 Å². The number of ether oxygens (including phenoxy) is 2. The molecule has 0 aromatic carbocycles. The van der Waals surface area contributed by atoms with Crippen molar-refractivity contribution in [2.75, 3.05) is 25.6 Å². The minimum Gasteiger partial charge on any atom is -0.390 e. The summed E-state index contributed by atoms with van der Waals surface area (Å²) in [6.45, 7) is 5.64. The van der Waals surface area contributed by atoms with Gasteiger partial charge >= 0.3 is 0 Å². The van der Waals surface area contributed by atoms with Crippen molar-refractivity contribution < 1.29 is 14.0 Å². The van der Waals surface area contributed by atoms with Gasteiger partial charge in [-0.15, -0.1) is 11.3 Å². The third-order valence-corrected chi connectivity index (χ3v) is 4.21. The molecule has 0 spiro atoms. The van der Waals surface area contributed by atoms with Crippen molar-refractivity contribution in [1.82, 2.24) is 10.1 Å². The molecule has 0 amide bonds. The summed E-state index contributed by atoms with van der Waals surface area (Å²) in [6.07, 6.45) is -0.257. The molecule has 7 heteroatoms. The summed E-state index contributed by atoms with van der Waals surface area (Å²) < 4.78 is 16.2. The number of aromatic nitrogens is 2. The lowest BCUT2D eigenvalue weighted by molar-refractivity contribution is -0.0941. The molecule has 1 saturated heterocycles. The highest BCUT2D eigenvalue weighted by atomic mass is 32.1. The van der Waals surface area contributed by atoms with Crippen molar-refractivity contribution in [1.29, 1.82) is 0 Å². The molecule has 1 atom stereocenters. The standard InChI is InChI=1S/C12H15N3O3S/c1-6-7(2)19-10(13)9(6)12-14-11(15-18-12)8-5-16-3-4-17-8/h8H,3-5,13H2,1-2H3. The second-order valence-corrected chi connectivity index (χ2v) is 5.67. The van der Waals surface area contributed by atoms with Crippen LogP contribution in [-0.2, 0) is 9.47 Å². The molecule has 0 bridgehead atoms. The number of nitrogen functional groups attached to an aromatic ring is 1. The van der Waals surface area contributed by atoms with Crippen LogP contribution in [0.25, 0.3) is 11.5 Å². The van der Waals surface area contributed by atoms with Gasteiger partial charge in [0.25, 0.3) is 5.89 Å². The number of anilines is 1. The van der Waals surface area contributed by atoms with Crippen LogP contribution in [0.5, 0.6) is 0 Å². The molecular weight excluding hydrogens is 266 g/mol. The van der Waals surface area contributed by atoms with Gasteiger partial charge in [-0.2, -0.15) is 4.98 Å². The summed E-state index contributed by atoms with van der Waals surface area (Å²) in [7, 11) is 0. The SMILES string of the molecule is Cc1sc(N)c(-c2nc(C3COCCO3)no2)c1C. The topological polar surface area (TPSA) is 83.4 Å². The molecule has 1 fully saturated rings. The van der Waals surface area contributed by atoms with Crippen LogP contribution in [0.1, 0.15) is 22.4 Å². The van der Waals surface area contributed by atoms with Crippen molar-refractivity contribution in [2.45, 2.75) is 20.0 Å². The van der Waals surface area contributed by atoms with E-state index in [1.165, 1.54) is 11.3 Å². The second-order valence-electron chi connectivity index (χ2n) is 4.41. The van der Waals surface area contributed by atoms with E-state index in [4.69, 9.17) is 19.7 Å². The average Bonchev–Trinajstić information content (AvgIpc) is 2.97. The maximum atomic E-state index is 6.00. The Morgan fingerprint density at radius 2 is 2.16 bits per heavy atom. The number of aryl methyl sites for hydroxylation is 1.